The minimum absolute atomic E-state index is 0.0755. The summed E-state index contributed by atoms with van der Waals surface area (Å²) in [6.45, 7) is 2.50. The van der Waals surface area contributed by atoms with Gasteiger partial charge in [0.15, 0.2) is 11.4 Å². The van der Waals surface area contributed by atoms with E-state index < -0.39 is 10.0 Å². The highest BCUT2D eigenvalue weighted by Crippen LogP contribution is 2.24. The lowest BCUT2D eigenvalue weighted by atomic mass is 10.2. The molecule has 1 fully saturated rings. The smallest absolute Gasteiger partial charge is 0.243 e. The average Bonchev–Trinajstić information content (AvgIpc) is 3.19. The van der Waals surface area contributed by atoms with E-state index >= 15 is 0 Å². The van der Waals surface area contributed by atoms with Crippen molar-refractivity contribution in [3.8, 4) is 0 Å². The summed E-state index contributed by atoms with van der Waals surface area (Å²) in [4.78, 5) is 34.3. The summed E-state index contributed by atoms with van der Waals surface area (Å²) in [5.41, 5.74) is 1.16. The Hall–Kier alpha value is -2.83. The standard InChI is InChI=1S/C20H22N6O4S2/c1-14(27)15-3-5-16(6-4-15)32(29,30)26-9-7-25(8-10-26)18(28)12-31-20-17-11-23-24(2)19(17)21-13-22-20/h3-6,11,13H,7-10,12H2,1-2H3. The minimum atomic E-state index is -3.68. The third-order valence-electron chi connectivity index (χ3n) is 5.32. The Bertz CT molecular complexity index is 1260. The number of aryl methyl sites for hydroxylation is 1. The molecule has 0 N–H and O–H groups in total. The summed E-state index contributed by atoms with van der Waals surface area (Å²) in [5, 5.41) is 5.65. The molecule has 3 aromatic rings. The maximum Gasteiger partial charge on any atom is 0.243 e. The van der Waals surface area contributed by atoms with E-state index in [0.29, 0.717) is 29.3 Å². The number of rotatable bonds is 6. The molecule has 1 aliphatic heterocycles. The van der Waals surface area contributed by atoms with Crippen LogP contribution in [0.25, 0.3) is 11.0 Å². The molecule has 0 atom stereocenters. The maximum atomic E-state index is 12.9. The van der Waals surface area contributed by atoms with Crippen LogP contribution >= 0.6 is 11.8 Å². The van der Waals surface area contributed by atoms with Gasteiger partial charge in [-0.25, -0.2) is 18.4 Å². The predicted octanol–water partition coefficient (Wildman–Crippen LogP) is 1.19. The van der Waals surface area contributed by atoms with Crippen molar-refractivity contribution in [1.29, 1.82) is 0 Å². The Labute approximate surface area is 189 Å². The van der Waals surface area contributed by atoms with Crippen LogP contribution in [0.3, 0.4) is 0 Å². The number of sulfonamides is 1. The van der Waals surface area contributed by atoms with E-state index in [0.717, 1.165) is 5.39 Å². The van der Waals surface area contributed by atoms with Crippen LogP contribution in [0.5, 0.6) is 0 Å². The van der Waals surface area contributed by atoms with E-state index in [4.69, 9.17) is 0 Å². The molecule has 0 saturated carbocycles. The van der Waals surface area contributed by atoms with Gasteiger partial charge in [0.25, 0.3) is 0 Å². The van der Waals surface area contributed by atoms with Gasteiger partial charge in [-0.05, 0) is 19.1 Å². The molecule has 10 nitrogen and oxygen atoms in total. The first-order valence-electron chi connectivity index (χ1n) is 9.92. The molecule has 1 aromatic carbocycles. The number of hydrogen-bond acceptors (Lipinski definition) is 8. The van der Waals surface area contributed by atoms with Crippen LogP contribution in [0, 0.1) is 0 Å². The number of carbonyl (C=O) groups excluding carboxylic acids is 2. The van der Waals surface area contributed by atoms with Crippen LogP contribution in [0.2, 0.25) is 0 Å². The summed E-state index contributed by atoms with van der Waals surface area (Å²) in [5.74, 6) is -0.000956. The maximum absolute atomic E-state index is 12.9. The molecule has 0 aliphatic carbocycles. The van der Waals surface area contributed by atoms with Crippen molar-refractivity contribution >= 4 is 44.5 Å². The van der Waals surface area contributed by atoms with Gasteiger partial charge in [0.1, 0.15) is 11.4 Å². The SMILES string of the molecule is CC(=O)c1ccc(S(=O)(=O)N2CCN(C(=O)CSc3ncnc4c3cnn4C)CC2)cc1. The van der Waals surface area contributed by atoms with Gasteiger partial charge in [-0.2, -0.15) is 9.40 Å². The Morgan fingerprint density at radius 3 is 2.41 bits per heavy atom. The lowest BCUT2D eigenvalue weighted by molar-refractivity contribution is -0.129. The van der Waals surface area contributed by atoms with E-state index in [1.165, 1.54) is 53.6 Å². The largest absolute Gasteiger partial charge is 0.339 e. The van der Waals surface area contributed by atoms with Crippen LogP contribution in [0.4, 0.5) is 0 Å². The molecule has 168 valence electrons. The number of Topliss-reactive ketones (excluding diaryl/α,β-unsaturated/α-hetero) is 1. The molecule has 4 rings (SSSR count). The predicted molar refractivity (Wildman–Crippen MR) is 119 cm³/mol. The van der Waals surface area contributed by atoms with Gasteiger partial charge < -0.3 is 4.90 Å². The van der Waals surface area contributed by atoms with E-state index in [2.05, 4.69) is 15.1 Å². The van der Waals surface area contributed by atoms with Gasteiger partial charge in [0.2, 0.25) is 15.9 Å². The summed E-state index contributed by atoms with van der Waals surface area (Å²) < 4.78 is 28.8. The summed E-state index contributed by atoms with van der Waals surface area (Å²) in [6.07, 6.45) is 3.12. The second-order valence-corrected chi connectivity index (χ2v) is 10.2. The highest BCUT2D eigenvalue weighted by Gasteiger charge is 2.30. The Morgan fingerprint density at radius 2 is 1.75 bits per heavy atom. The molecule has 1 aliphatic rings. The molecule has 1 amide bonds. The Morgan fingerprint density at radius 1 is 1.06 bits per heavy atom. The fourth-order valence-electron chi connectivity index (χ4n) is 3.47. The van der Waals surface area contributed by atoms with Gasteiger partial charge in [0, 0.05) is 38.8 Å². The number of ketones is 1. The molecule has 0 radical (unpaired) electrons. The van der Waals surface area contributed by atoms with Crippen molar-refractivity contribution in [2.75, 3.05) is 31.9 Å². The molecule has 32 heavy (non-hydrogen) atoms. The van der Waals surface area contributed by atoms with Crippen molar-refractivity contribution in [2.24, 2.45) is 7.05 Å². The quantitative estimate of drug-likeness (QED) is 0.297. The molecule has 0 bridgehead atoms. The number of thioether (sulfide) groups is 1. The van der Waals surface area contributed by atoms with E-state index in [9.17, 15) is 18.0 Å². The zero-order valence-electron chi connectivity index (χ0n) is 17.6. The van der Waals surface area contributed by atoms with Crippen LogP contribution in [0.1, 0.15) is 17.3 Å². The summed E-state index contributed by atoms with van der Waals surface area (Å²) >= 11 is 1.32. The number of benzene rings is 1. The Balaban J connectivity index is 1.35. The first-order chi connectivity index (χ1) is 15.3. The zero-order valence-corrected chi connectivity index (χ0v) is 19.3. The van der Waals surface area contributed by atoms with Gasteiger partial charge in [0.05, 0.1) is 22.2 Å². The lowest BCUT2D eigenvalue weighted by Crippen LogP contribution is -2.50. The van der Waals surface area contributed by atoms with Crippen LogP contribution in [-0.4, -0.2) is 81.0 Å². The number of hydrogen-bond donors (Lipinski definition) is 0. The molecule has 2 aromatic heterocycles. The van der Waals surface area contributed by atoms with Gasteiger partial charge in [-0.1, -0.05) is 23.9 Å². The van der Waals surface area contributed by atoms with Crippen LogP contribution in [-0.2, 0) is 21.9 Å². The number of nitrogens with zero attached hydrogens (tertiary/aromatic N) is 6. The summed E-state index contributed by atoms with van der Waals surface area (Å²) in [7, 11) is -1.89. The van der Waals surface area contributed by atoms with Gasteiger partial charge in [-0.15, -0.1) is 0 Å². The first-order valence-corrected chi connectivity index (χ1v) is 12.3. The van der Waals surface area contributed by atoms with Crippen molar-refractivity contribution < 1.29 is 18.0 Å². The second kappa shape index (κ2) is 8.96. The van der Waals surface area contributed by atoms with E-state index in [1.54, 1.807) is 22.8 Å². The van der Waals surface area contributed by atoms with E-state index in [1.807, 2.05) is 0 Å². The molecule has 0 unspecified atom stereocenters. The monoisotopic (exact) mass is 474 g/mol. The van der Waals surface area contributed by atoms with Gasteiger partial charge >= 0.3 is 0 Å². The second-order valence-electron chi connectivity index (χ2n) is 7.34. The third kappa shape index (κ3) is 4.38. The van der Waals surface area contributed by atoms with Crippen molar-refractivity contribution in [2.45, 2.75) is 16.8 Å². The number of carbonyl (C=O) groups is 2. The number of fused-ring (bicyclic) bond motifs is 1. The van der Waals surface area contributed by atoms with Crippen molar-refractivity contribution in [3.05, 3.63) is 42.4 Å². The fraction of sp³-hybridized carbons (Fsp3) is 0.350. The normalized spacial score (nSPS) is 15.2. The highest BCUT2D eigenvalue weighted by atomic mass is 32.2. The van der Waals surface area contributed by atoms with Crippen LogP contribution in [0.15, 0.2) is 46.7 Å². The van der Waals surface area contributed by atoms with Gasteiger partial charge in [-0.3, -0.25) is 14.3 Å². The molecule has 1 saturated heterocycles. The zero-order chi connectivity index (χ0) is 22.9. The summed E-state index contributed by atoms with van der Waals surface area (Å²) in [6, 6.07) is 5.92. The van der Waals surface area contributed by atoms with Crippen molar-refractivity contribution in [1.82, 2.24) is 29.0 Å². The fourth-order valence-corrected chi connectivity index (χ4v) is 5.75. The van der Waals surface area contributed by atoms with E-state index in [-0.39, 0.29) is 35.4 Å². The minimum Gasteiger partial charge on any atom is -0.339 e. The molecular formula is C20H22N6O4S2. The number of aromatic nitrogens is 4. The Kier molecular flexibility index (Phi) is 6.26. The third-order valence-corrected chi connectivity index (χ3v) is 8.22. The number of piperazine rings is 1. The van der Waals surface area contributed by atoms with Crippen LogP contribution < -0.4 is 0 Å². The molecular weight excluding hydrogens is 452 g/mol. The first kappa shape index (κ1) is 22.4. The number of amides is 1. The molecule has 0 spiro atoms. The lowest BCUT2D eigenvalue weighted by Gasteiger charge is -2.34. The molecule has 12 heteroatoms. The topological polar surface area (TPSA) is 118 Å². The highest BCUT2D eigenvalue weighted by molar-refractivity contribution is 8.00. The van der Waals surface area contributed by atoms with Crippen molar-refractivity contribution in [3.63, 3.8) is 0 Å². The molecule has 3 heterocycles. The average molecular weight is 475 g/mol.